The molecule has 1 N–H and O–H groups in total. The molecule has 0 rings (SSSR count). The van der Waals surface area contributed by atoms with Gasteiger partial charge < -0.3 is 5.11 Å². The van der Waals surface area contributed by atoms with E-state index in [-0.39, 0.29) is 29.8 Å². The van der Waals surface area contributed by atoms with E-state index in [2.05, 4.69) is 0 Å². The van der Waals surface area contributed by atoms with Crippen LogP contribution in [0.25, 0.3) is 0 Å². The second-order valence-electron chi connectivity index (χ2n) is 1.65. The van der Waals surface area contributed by atoms with E-state index in [9.17, 15) is 4.79 Å². The van der Waals surface area contributed by atoms with Gasteiger partial charge in [-0.3, -0.25) is 4.79 Å². The standard InChI is InChI=1S/C5H10O2.Sn.2H/c1-3-4(2)5(6)7;;;/h4H,3H2,1-2H3,(H,6,7);;;. The fraction of sp³-hybridized carbons (Fsp3) is 0.800. The first-order chi connectivity index (χ1) is 3.18. The Morgan fingerprint density at radius 1 is 1.75 bits per heavy atom. The summed E-state index contributed by atoms with van der Waals surface area (Å²) in [4.78, 5) is 9.93. The molecule has 0 bridgehead atoms. The van der Waals surface area contributed by atoms with E-state index in [4.69, 9.17) is 5.11 Å². The summed E-state index contributed by atoms with van der Waals surface area (Å²) in [5.74, 6) is -0.887. The van der Waals surface area contributed by atoms with Gasteiger partial charge in [-0.1, -0.05) is 13.8 Å². The van der Waals surface area contributed by atoms with Crippen molar-refractivity contribution in [2.24, 2.45) is 5.92 Å². The average Bonchev–Trinajstić information content (AvgIpc) is 1.65. The van der Waals surface area contributed by atoms with Crippen LogP contribution in [-0.2, 0) is 4.79 Å². The van der Waals surface area contributed by atoms with E-state index in [1.54, 1.807) is 6.92 Å². The molecule has 2 radical (unpaired) electrons. The molecule has 0 heterocycles. The Kier molecular flexibility index (Phi) is 7.51. The van der Waals surface area contributed by atoms with Crippen LogP contribution in [0.4, 0.5) is 0 Å². The molecule has 0 aliphatic carbocycles. The summed E-state index contributed by atoms with van der Waals surface area (Å²) in [7, 11) is 0. The average molecular weight is 223 g/mol. The van der Waals surface area contributed by atoms with Crippen LogP contribution in [0.3, 0.4) is 0 Å². The number of carboxylic acids is 1. The molecule has 0 aliphatic heterocycles. The number of carboxylic acid groups (broad SMARTS) is 1. The van der Waals surface area contributed by atoms with Crippen LogP contribution >= 0.6 is 0 Å². The molecule has 48 valence electrons. The van der Waals surface area contributed by atoms with Gasteiger partial charge in [0, 0.05) is 0 Å². The molecule has 2 nitrogen and oxygen atoms in total. The molecular formula is C5H12O2Sn. The number of hydrogen-bond acceptors (Lipinski definition) is 1. The molecule has 0 fully saturated rings. The molecule has 0 saturated carbocycles. The Balaban J connectivity index is 0. The minimum atomic E-state index is -0.706. The molecule has 1 atom stereocenters. The fourth-order valence-electron chi connectivity index (χ4n) is 0.175. The number of carbonyl (C=O) groups is 1. The Morgan fingerprint density at radius 3 is 2.12 bits per heavy atom. The third-order valence-corrected chi connectivity index (χ3v) is 1.03. The van der Waals surface area contributed by atoms with E-state index in [1.165, 1.54) is 0 Å². The van der Waals surface area contributed by atoms with Crippen LogP contribution in [0.1, 0.15) is 20.3 Å². The summed E-state index contributed by atoms with van der Waals surface area (Å²) in [5.41, 5.74) is 0. The van der Waals surface area contributed by atoms with Gasteiger partial charge in [0.2, 0.25) is 0 Å². The van der Waals surface area contributed by atoms with Crippen LogP contribution in [0.2, 0.25) is 0 Å². The van der Waals surface area contributed by atoms with Gasteiger partial charge >= 0.3 is 29.9 Å². The summed E-state index contributed by atoms with van der Waals surface area (Å²) in [5, 5.41) is 8.18. The Hall–Kier alpha value is 0.269. The van der Waals surface area contributed by atoms with Crippen molar-refractivity contribution in [2.45, 2.75) is 20.3 Å². The normalized spacial score (nSPS) is 11.8. The first-order valence-electron chi connectivity index (χ1n) is 2.41. The maximum absolute atomic E-state index is 9.93. The monoisotopic (exact) mass is 224 g/mol. The fourth-order valence-corrected chi connectivity index (χ4v) is 0.175. The predicted octanol–water partition coefficient (Wildman–Crippen LogP) is 0.201. The molecule has 0 aromatic heterocycles. The number of rotatable bonds is 2. The van der Waals surface area contributed by atoms with Gasteiger partial charge in [0.25, 0.3) is 0 Å². The van der Waals surface area contributed by atoms with Crippen LogP contribution < -0.4 is 0 Å². The zero-order valence-electron chi connectivity index (χ0n) is 5.35. The van der Waals surface area contributed by atoms with Gasteiger partial charge in [-0.15, -0.1) is 0 Å². The van der Waals surface area contributed by atoms with Crippen molar-refractivity contribution in [1.29, 1.82) is 0 Å². The van der Waals surface area contributed by atoms with Gasteiger partial charge in [0.15, 0.2) is 0 Å². The zero-order valence-corrected chi connectivity index (χ0v) is 9.38. The second-order valence-corrected chi connectivity index (χ2v) is 1.65. The van der Waals surface area contributed by atoms with Gasteiger partial charge in [0.1, 0.15) is 0 Å². The van der Waals surface area contributed by atoms with Gasteiger partial charge in [-0.2, -0.15) is 0 Å². The summed E-state index contributed by atoms with van der Waals surface area (Å²) in [6.07, 6.45) is 0.718. The van der Waals surface area contributed by atoms with Crippen molar-refractivity contribution in [3.8, 4) is 0 Å². The van der Waals surface area contributed by atoms with E-state index >= 15 is 0 Å². The molecule has 3 heteroatoms. The van der Waals surface area contributed by atoms with Crippen molar-refractivity contribution >= 4 is 29.9 Å². The third-order valence-electron chi connectivity index (χ3n) is 1.03. The molecule has 0 spiro atoms. The van der Waals surface area contributed by atoms with Gasteiger partial charge in [-0.05, 0) is 6.42 Å². The van der Waals surface area contributed by atoms with Crippen molar-refractivity contribution in [1.82, 2.24) is 0 Å². The first kappa shape index (κ1) is 11.1. The second kappa shape index (κ2) is 5.41. The van der Waals surface area contributed by atoms with Crippen molar-refractivity contribution in [3.63, 3.8) is 0 Å². The zero-order chi connectivity index (χ0) is 5.86. The summed E-state index contributed by atoms with van der Waals surface area (Å²) < 4.78 is 0. The molecule has 0 aromatic carbocycles. The molecule has 0 aliphatic rings. The third kappa shape index (κ3) is 4.43. The summed E-state index contributed by atoms with van der Waals surface area (Å²) in [6.45, 7) is 3.56. The molecule has 0 amide bonds. The Labute approximate surface area is 66.2 Å². The topological polar surface area (TPSA) is 37.3 Å². The van der Waals surface area contributed by atoms with Gasteiger partial charge in [0.05, 0.1) is 5.92 Å². The Bertz CT molecular complexity index is 72.8. The Morgan fingerprint density at radius 2 is 2.12 bits per heavy atom. The minimum absolute atomic E-state index is 0. The van der Waals surface area contributed by atoms with Crippen LogP contribution in [0, 0.1) is 5.92 Å². The van der Waals surface area contributed by atoms with Crippen LogP contribution in [0.5, 0.6) is 0 Å². The molecule has 0 saturated heterocycles. The van der Waals surface area contributed by atoms with E-state index in [0.29, 0.717) is 0 Å². The van der Waals surface area contributed by atoms with Crippen LogP contribution in [-0.4, -0.2) is 35.0 Å². The van der Waals surface area contributed by atoms with Crippen molar-refractivity contribution in [2.75, 3.05) is 0 Å². The first-order valence-corrected chi connectivity index (χ1v) is 2.41. The molecule has 0 aromatic rings. The van der Waals surface area contributed by atoms with Crippen molar-refractivity contribution < 1.29 is 9.90 Å². The van der Waals surface area contributed by atoms with Crippen molar-refractivity contribution in [3.05, 3.63) is 0 Å². The quantitative estimate of drug-likeness (QED) is 0.679. The maximum atomic E-state index is 9.93. The summed E-state index contributed by atoms with van der Waals surface area (Å²) >= 11 is 0. The van der Waals surface area contributed by atoms with Gasteiger partial charge in [-0.25, -0.2) is 0 Å². The van der Waals surface area contributed by atoms with E-state index < -0.39 is 5.97 Å². The summed E-state index contributed by atoms with van der Waals surface area (Å²) in [6, 6.07) is 0. The van der Waals surface area contributed by atoms with E-state index in [0.717, 1.165) is 6.42 Å². The molecule has 8 heavy (non-hydrogen) atoms. The van der Waals surface area contributed by atoms with E-state index in [1.807, 2.05) is 6.92 Å². The SMILES string of the molecule is CCC(C)C(=O)O.[SnH2]. The molecule has 1 unspecified atom stereocenters. The predicted molar refractivity (Wildman–Crippen MR) is 35.6 cm³/mol. The van der Waals surface area contributed by atoms with Crippen LogP contribution in [0.15, 0.2) is 0 Å². The number of aliphatic carboxylic acids is 1. The number of hydrogen-bond donors (Lipinski definition) is 1. The molecular weight excluding hydrogens is 211 g/mol.